The summed E-state index contributed by atoms with van der Waals surface area (Å²) < 4.78 is 12.9. The number of hydrogen-bond donors (Lipinski definition) is 1. The van der Waals surface area contributed by atoms with Gasteiger partial charge in [-0.2, -0.15) is 0 Å². The molecule has 1 aliphatic rings. The van der Waals surface area contributed by atoms with Gasteiger partial charge in [-0.25, -0.2) is 4.39 Å². The summed E-state index contributed by atoms with van der Waals surface area (Å²) in [4.78, 5) is 27.4. The first-order chi connectivity index (χ1) is 11.0. The number of likely N-dealkylation sites (N-methyl/N-ethyl adjacent to an activating group) is 1. The number of carbonyl (C=O) groups excluding carboxylic acids is 2. The molecule has 1 saturated heterocycles. The highest BCUT2D eigenvalue weighted by atomic mass is 19.1. The third-order valence-corrected chi connectivity index (χ3v) is 4.16. The molecular weight excluding hydrogens is 297 g/mol. The van der Waals surface area contributed by atoms with Crippen molar-refractivity contribution in [3.05, 3.63) is 35.6 Å². The fourth-order valence-corrected chi connectivity index (χ4v) is 3.05. The lowest BCUT2D eigenvalue weighted by Gasteiger charge is -2.36. The number of carbonyl (C=O) groups is 2. The molecule has 1 atom stereocenters. The number of likely N-dealkylation sites (tertiary alicyclic amines) is 1. The second-order valence-electron chi connectivity index (χ2n) is 6.21. The van der Waals surface area contributed by atoms with E-state index >= 15 is 0 Å². The van der Waals surface area contributed by atoms with Gasteiger partial charge in [-0.3, -0.25) is 14.5 Å². The van der Waals surface area contributed by atoms with Crippen LogP contribution >= 0.6 is 0 Å². The van der Waals surface area contributed by atoms with E-state index in [1.807, 2.05) is 11.9 Å². The number of benzene rings is 1. The van der Waals surface area contributed by atoms with Crippen LogP contribution in [-0.4, -0.2) is 47.8 Å². The predicted molar refractivity (Wildman–Crippen MR) is 85.9 cm³/mol. The first-order valence-electron chi connectivity index (χ1n) is 7.96. The van der Waals surface area contributed by atoms with Gasteiger partial charge in [-0.1, -0.05) is 12.1 Å². The van der Waals surface area contributed by atoms with E-state index in [1.165, 1.54) is 12.1 Å². The molecule has 1 unspecified atom stereocenters. The molecule has 2 rings (SSSR count). The lowest BCUT2D eigenvalue weighted by Crippen LogP contribution is -2.48. The Hall–Kier alpha value is -1.95. The van der Waals surface area contributed by atoms with Gasteiger partial charge < -0.3 is 10.6 Å². The largest absolute Gasteiger partial charge is 0.370 e. The fourth-order valence-electron chi connectivity index (χ4n) is 3.05. The molecule has 5 nitrogen and oxygen atoms in total. The average molecular weight is 321 g/mol. The minimum absolute atomic E-state index is 0.0144. The molecule has 1 fully saturated rings. The van der Waals surface area contributed by atoms with Crippen molar-refractivity contribution in [2.75, 3.05) is 20.1 Å². The van der Waals surface area contributed by atoms with Crippen molar-refractivity contribution >= 4 is 11.8 Å². The van der Waals surface area contributed by atoms with Gasteiger partial charge in [0.1, 0.15) is 5.82 Å². The zero-order chi connectivity index (χ0) is 16.8. The zero-order valence-corrected chi connectivity index (χ0v) is 13.5. The lowest BCUT2D eigenvalue weighted by molar-refractivity contribution is -0.136. The van der Waals surface area contributed by atoms with Crippen molar-refractivity contribution in [1.82, 2.24) is 9.80 Å². The quantitative estimate of drug-likeness (QED) is 0.864. The summed E-state index contributed by atoms with van der Waals surface area (Å²) >= 11 is 0. The van der Waals surface area contributed by atoms with E-state index in [2.05, 4.69) is 0 Å². The van der Waals surface area contributed by atoms with E-state index in [-0.39, 0.29) is 36.6 Å². The van der Waals surface area contributed by atoms with Crippen LogP contribution < -0.4 is 5.73 Å². The van der Waals surface area contributed by atoms with Crippen LogP contribution in [0, 0.1) is 5.82 Å². The van der Waals surface area contributed by atoms with Gasteiger partial charge in [0.2, 0.25) is 11.8 Å². The minimum Gasteiger partial charge on any atom is -0.370 e. The van der Waals surface area contributed by atoms with E-state index in [0.29, 0.717) is 13.1 Å². The van der Waals surface area contributed by atoms with Crippen molar-refractivity contribution < 1.29 is 14.0 Å². The molecule has 6 heteroatoms. The third-order valence-electron chi connectivity index (χ3n) is 4.16. The van der Waals surface area contributed by atoms with E-state index in [0.717, 1.165) is 24.8 Å². The molecule has 0 radical (unpaired) electrons. The molecule has 0 bridgehead atoms. The highest BCUT2D eigenvalue weighted by Crippen LogP contribution is 2.20. The summed E-state index contributed by atoms with van der Waals surface area (Å²) in [6, 6.07) is 6.19. The van der Waals surface area contributed by atoms with Gasteiger partial charge in [0.05, 0.1) is 6.54 Å². The smallest absolute Gasteiger partial charge is 0.237 e. The van der Waals surface area contributed by atoms with Crippen molar-refractivity contribution in [3.63, 3.8) is 0 Å². The van der Waals surface area contributed by atoms with Gasteiger partial charge in [0.25, 0.3) is 0 Å². The summed E-state index contributed by atoms with van der Waals surface area (Å²) in [5, 5.41) is 0. The van der Waals surface area contributed by atoms with Crippen molar-refractivity contribution in [1.29, 1.82) is 0 Å². The third kappa shape index (κ3) is 5.32. The Balaban J connectivity index is 1.90. The standard InChI is InChI=1S/C17H24FN3O2/c1-20(11-13-5-7-14(18)8-6-13)12-17(23)21-9-3-2-4-15(21)10-16(19)22/h5-8,15H,2-4,9-12H2,1H3,(H2,19,22). The highest BCUT2D eigenvalue weighted by Gasteiger charge is 2.28. The molecule has 0 spiro atoms. The highest BCUT2D eigenvalue weighted by molar-refractivity contribution is 5.80. The Labute approximate surface area is 136 Å². The van der Waals surface area contributed by atoms with Gasteiger partial charge in [-0.05, 0) is 44.0 Å². The maximum absolute atomic E-state index is 12.9. The van der Waals surface area contributed by atoms with Crippen LogP contribution in [0.4, 0.5) is 4.39 Å². The number of amides is 2. The summed E-state index contributed by atoms with van der Waals surface area (Å²) in [7, 11) is 1.86. The Kier molecular flexibility index (Phi) is 6.10. The Morgan fingerprint density at radius 3 is 2.65 bits per heavy atom. The van der Waals surface area contributed by atoms with E-state index in [4.69, 9.17) is 5.73 Å². The summed E-state index contributed by atoms with van der Waals surface area (Å²) in [6.45, 7) is 1.52. The second-order valence-corrected chi connectivity index (χ2v) is 6.21. The first-order valence-corrected chi connectivity index (χ1v) is 7.96. The number of hydrogen-bond acceptors (Lipinski definition) is 3. The molecular formula is C17H24FN3O2. The van der Waals surface area contributed by atoms with Gasteiger partial charge >= 0.3 is 0 Å². The maximum atomic E-state index is 12.9. The topological polar surface area (TPSA) is 66.6 Å². The summed E-state index contributed by atoms with van der Waals surface area (Å²) in [6.07, 6.45) is 3.04. The van der Waals surface area contributed by atoms with Crippen LogP contribution in [0.1, 0.15) is 31.2 Å². The predicted octanol–water partition coefficient (Wildman–Crippen LogP) is 1.51. The molecule has 126 valence electrons. The number of nitrogens with zero attached hydrogens (tertiary/aromatic N) is 2. The van der Waals surface area contributed by atoms with Crippen LogP contribution in [0.5, 0.6) is 0 Å². The monoisotopic (exact) mass is 321 g/mol. The number of nitrogens with two attached hydrogens (primary N) is 1. The van der Waals surface area contributed by atoms with E-state index < -0.39 is 0 Å². The molecule has 1 aromatic carbocycles. The SMILES string of the molecule is CN(CC(=O)N1CCCCC1CC(N)=O)Cc1ccc(F)cc1. The molecule has 2 amide bonds. The zero-order valence-electron chi connectivity index (χ0n) is 13.5. The number of piperidine rings is 1. The molecule has 1 aromatic rings. The molecule has 0 aliphatic carbocycles. The van der Waals surface area contributed by atoms with Crippen molar-refractivity contribution in [3.8, 4) is 0 Å². The maximum Gasteiger partial charge on any atom is 0.237 e. The molecule has 1 heterocycles. The molecule has 23 heavy (non-hydrogen) atoms. The van der Waals surface area contributed by atoms with Crippen LogP contribution in [0.25, 0.3) is 0 Å². The Morgan fingerprint density at radius 2 is 2.00 bits per heavy atom. The van der Waals surface area contributed by atoms with Gasteiger partial charge in [0, 0.05) is 25.6 Å². The molecule has 2 N–H and O–H groups in total. The molecule has 0 aromatic heterocycles. The van der Waals surface area contributed by atoms with Gasteiger partial charge in [0.15, 0.2) is 0 Å². The van der Waals surface area contributed by atoms with E-state index in [9.17, 15) is 14.0 Å². The average Bonchev–Trinajstić information content (AvgIpc) is 2.49. The Bertz CT molecular complexity index is 547. The van der Waals surface area contributed by atoms with Crippen molar-refractivity contribution in [2.24, 2.45) is 5.73 Å². The van der Waals surface area contributed by atoms with Crippen molar-refractivity contribution in [2.45, 2.75) is 38.3 Å². The lowest BCUT2D eigenvalue weighted by atomic mass is 9.99. The molecule has 1 aliphatic heterocycles. The normalized spacial score (nSPS) is 18.2. The van der Waals surface area contributed by atoms with Crippen LogP contribution in [0.3, 0.4) is 0 Å². The van der Waals surface area contributed by atoms with Crippen LogP contribution in [0.15, 0.2) is 24.3 Å². The van der Waals surface area contributed by atoms with E-state index in [1.54, 1.807) is 17.0 Å². The second kappa shape index (κ2) is 8.06. The summed E-state index contributed by atoms with van der Waals surface area (Å²) in [5.74, 6) is -0.620. The molecule has 0 saturated carbocycles. The Morgan fingerprint density at radius 1 is 1.30 bits per heavy atom. The first kappa shape index (κ1) is 17.4. The fraction of sp³-hybridized carbons (Fsp3) is 0.529. The van der Waals surface area contributed by atoms with Crippen LogP contribution in [-0.2, 0) is 16.1 Å². The number of rotatable bonds is 6. The number of halogens is 1. The number of primary amides is 1. The minimum atomic E-state index is -0.366. The van der Waals surface area contributed by atoms with Gasteiger partial charge in [-0.15, -0.1) is 0 Å². The summed E-state index contributed by atoms with van der Waals surface area (Å²) in [5.41, 5.74) is 6.24. The van der Waals surface area contributed by atoms with Crippen LogP contribution in [0.2, 0.25) is 0 Å².